The van der Waals surface area contributed by atoms with Crippen LogP contribution in [0.2, 0.25) is 0 Å². The molecule has 0 radical (unpaired) electrons. The summed E-state index contributed by atoms with van der Waals surface area (Å²) in [6, 6.07) is 23.7. The standard InChI is InChI=1S/C22H19N3O3/c26-22-19-11-4-5-12-20(19)23-21(17-9-6-10-18(15-17)25(27)28)24(22)14-13-16-7-2-1-3-8-16/h1-12,15,21,23H,13-14H2/t21-/m0/s1. The number of amides is 1. The molecule has 0 fully saturated rings. The molecule has 0 spiro atoms. The van der Waals surface area contributed by atoms with Crippen LogP contribution in [0.3, 0.4) is 0 Å². The number of carbonyl (C=O) groups excluding carboxylic acids is 1. The quantitative estimate of drug-likeness (QED) is 0.531. The summed E-state index contributed by atoms with van der Waals surface area (Å²) in [5.74, 6) is -0.0817. The van der Waals surface area contributed by atoms with Crippen LogP contribution in [0.4, 0.5) is 11.4 Å². The van der Waals surface area contributed by atoms with Crippen LogP contribution in [-0.2, 0) is 6.42 Å². The van der Waals surface area contributed by atoms with E-state index < -0.39 is 11.1 Å². The van der Waals surface area contributed by atoms with E-state index in [0.717, 1.165) is 11.3 Å². The zero-order valence-electron chi connectivity index (χ0n) is 15.1. The highest BCUT2D eigenvalue weighted by molar-refractivity contribution is 6.01. The normalized spacial score (nSPS) is 15.6. The Bertz CT molecular complexity index is 1020. The first-order chi connectivity index (χ1) is 13.6. The first kappa shape index (κ1) is 17.7. The number of nitro benzene ring substituents is 1. The van der Waals surface area contributed by atoms with Gasteiger partial charge < -0.3 is 10.2 Å². The minimum atomic E-state index is -0.467. The number of nitrogens with zero attached hydrogens (tertiary/aromatic N) is 2. The van der Waals surface area contributed by atoms with Gasteiger partial charge in [-0.1, -0.05) is 54.6 Å². The summed E-state index contributed by atoms with van der Waals surface area (Å²) in [6.45, 7) is 0.498. The second-order valence-corrected chi connectivity index (χ2v) is 6.68. The topological polar surface area (TPSA) is 75.5 Å². The molecule has 6 nitrogen and oxygen atoms in total. The molecule has 0 unspecified atom stereocenters. The fourth-order valence-corrected chi connectivity index (χ4v) is 3.49. The lowest BCUT2D eigenvalue weighted by Crippen LogP contribution is -2.44. The molecule has 0 aliphatic carbocycles. The van der Waals surface area contributed by atoms with Crippen LogP contribution in [0.1, 0.15) is 27.7 Å². The van der Waals surface area contributed by atoms with Gasteiger partial charge in [-0.05, 0) is 24.1 Å². The third kappa shape index (κ3) is 3.44. The van der Waals surface area contributed by atoms with E-state index >= 15 is 0 Å². The SMILES string of the molecule is O=C1c2ccccc2N[C@H](c2cccc([N+](=O)[O-])c2)N1CCc1ccccc1. The smallest absolute Gasteiger partial charge is 0.269 e. The molecule has 3 aromatic carbocycles. The maximum atomic E-state index is 13.2. The molecule has 3 aromatic rings. The van der Waals surface area contributed by atoms with Crippen molar-refractivity contribution in [2.24, 2.45) is 0 Å². The Kier molecular flexibility index (Phi) is 4.76. The number of carbonyl (C=O) groups is 1. The average molecular weight is 373 g/mol. The number of para-hydroxylation sites is 1. The molecule has 1 N–H and O–H groups in total. The molecule has 6 heteroatoms. The number of fused-ring (bicyclic) bond motifs is 1. The molecule has 1 amide bonds. The van der Waals surface area contributed by atoms with E-state index in [2.05, 4.69) is 5.32 Å². The molecule has 1 atom stereocenters. The molecule has 1 aliphatic heterocycles. The summed E-state index contributed by atoms with van der Waals surface area (Å²) >= 11 is 0. The lowest BCUT2D eigenvalue weighted by molar-refractivity contribution is -0.384. The third-order valence-electron chi connectivity index (χ3n) is 4.90. The fraction of sp³-hybridized carbons (Fsp3) is 0.136. The van der Waals surface area contributed by atoms with Crippen LogP contribution in [0.25, 0.3) is 0 Å². The van der Waals surface area contributed by atoms with Gasteiger partial charge in [0, 0.05) is 29.9 Å². The van der Waals surface area contributed by atoms with Crippen molar-refractivity contribution >= 4 is 17.3 Å². The van der Waals surface area contributed by atoms with Gasteiger partial charge in [0.05, 0.1) is 10.5 Å². The lowest BCUT2D eigenvalue weighted by atomic mass is 10.0. The molecular formula is C22H19N3O3. The van der Waals surface area contributed by atoms with Crippen LogP contribution < -0.4 is 5.32 Å². The van der Waals surface area contributed by atoms with Crippen LogP contribution in [-0.4, -0.2) is 22.3 Å². The monoisotopic (exact) mass is 373 g/mol. The molecule has 1 heterocycles. The van der Waals surface area contributed by atoms with E-state index in [1.165, 1.54) is 12.1 Å². The Labute approximate surface area is 162 Å². The van der Waals surface area contributed by atoms with E-state index in [4.69, 9.17) is 0 Å². The van der Waals surface area contributed by atoms with Crippen LogP contribution in [0.15, 0.2) is 78.9 Å². The Morgan fingerprint density at radius 3 is 2.50 bits per heavy atom. The van der Waals surface area contributed by atoms with Gasteiger partial charge in [0.2, 0.25) is 0 Å². The summed E-state index contributed by atoms with van der Waals surface area (Å²) in [4.78, 5) is 25.7. The number of rotatable bonds is 5. The van der Waals surface area contributed by atoms with Crippen LogP contribution >= 0.6 is 0 Å². The molecule has 28 heavy (non-hydrogen) atoms. The Morgan fingerprint density at radius 1 is 0.964 bits per heavy atom. The molecule has 4 rings (SSSR count). The Hall–Kier alpha value is -3.67. The van der Waals surface area contributed by atoms with Gasteiger partial charge in [0.1, 0.15) is 6.17 Å². The zero-order chi connectivity index (χ0) is 19.5. The van der Waals surface area contributed by atoms with Gasteiger partial charge in [-0.15, -0.1) is 0 Å². The van der Waals surface area contributed by atoms with Gasteiger partial charge in [-0.2, -0.15) is 0 Å². The van der Waals surface area contributed by atoms with Gasteiger partial charge in [-0.3, -0.25) is 14.9 Å². The molecule has 140 valence electrons. The highest BCUT2D eigenvalue weighted by Gasteiger charge is 2.33. The van der Waals surface area contributed by atoms with Crippen molar-refractivity contribution in [3.63, 3.8) is 0 Å². The maximum Gasteiger partial charge on any atom is 0.269 e. The Morgan fingerprint density at radius 2 is 1.71 bits per heavy atom. The van der Waals surface area contributed by atoms with Crippen molar-refractivity contribution in [2.75, 3.05) is 11.9 Å². The summed E-state index contributed by atoms with van der Waals surface area (Å²) in [5.41, 5.74) is 3.17. The van der Waals surface area contributed by atoms with Crippen molar-refractivity contribution < 1.29 is 9.72 Å². The summed E-state index contributed by atoms with van der Waals surface area (Å²) in [5, 5.41) is 14.6. The fourth-order valence-electron chi connectivity index (χ4n) is 3.49. The number of non-ortho nitro benzene ring substituents is 1. The van der Waals surface area contributed by atoms with Crippen LogP contribution in [0.5, 0.6) is 0 Å². The van der Waals surface area contributed by atoms with Crippen molar-refractivity contribution in [3.8, 4) is 0 Å². The molecule has 1 aliphatic rings. The molecule has 0 saturated carbocycles. The first-order valence-corrected chi connectivity index (χ1v) is 9.08. The summed E-state index contributed by atoms with van der Waals surface area (Å²) in [6.07, 6.45) is 0.230. The van der Waals surface area contributed by atoms with Crippen molar-refractivity contribution in [1.29, 1.82) is 0 Å². The molecular weight excluding hydrogens is 354 g/mol. The number of hydrogen-bond acceptors (Lipinski definition) is 4. The van der Waals surface area contributed by atoms with E-state index in [1.54, 1.807) is 23.1 Å². The minimum absolute atomic E-state index is 0.00798. The number of benzene rings is 3. The molecule has 0 saturated heterocycles. The largest absolute Gasteiger partial charge is 0.361 e. The third-order valence-corrected chi connectivity index (χ3v) is 4.90. The Balaban J connectivity index is 1.69. The second-order valence-electron chi connectivity index (χ2n) is 6.68. The van der Waals surface area contributed by atoms with E-state index in [0.29, 0.717) is 24.1 Å². The zero-order valence-corrected chi connectivity index (χ0v) is 15.1. The lowest BCUT2D eigenvalue weighted by Gasteiger charge is -2.38. The molecule has 0 bridgehead atoms. The van der Waals surface area contributed by atoms with Crippen molar-refractivity contribution in [1.82, 2.24) is 4.90 Å². The van der Waals surface area contributed by atoms with Crippen molar-refractivity contribution in [3.05, 3.63) is 106 Å². The average Bonchev–Trinajstić information content (AvgIpc) is 2.74. The van der Waals surface area contributed by atoms with Gasteiger partial charge >= 0.3 is 0 Å². The predicted octanol–water partition coefficient (Wildman–Crippen LogP) is 4.40. The van der Waals surface area contributed by atoms with Gasteiger partial charge in [0.15, 0.2) is 0 Å². The highest BCUT2D eigenvalue weighted by Crippen LogP contribution is 2.34. The van der Waals surface area contributed by atoms with Crippen LogP contribution in [0, 0.1) is 10.1 Å². The van der Waals surface area contributed by atoms with Gasteiger partial charge in [-0.25, -0.2) is 0 Å². The second kappa shape index (κ2) is 7.52. The van der Waals surface area contributed by atoms with E-state index in [1.807, 2.05) is 48.5 Å². The number of anilines is 1. The summed E-state index contributed by atoms with van der Waals surface area (Å²) in [7, 11) is 0. The molecule has 0 aromatic heterocycles. The minimum Gasteiger partial charge on any atom is -0.361 e. The van der Waals surface area contributed by atoms with Gasteiger partial charge in [0.25, 0.3) is 11.6 Å². The van der Waals surface area contributed by atoms with E-state index in [9.17, 15) is 14.9 Å². The van der Waals surface area contributed by atoms with Crippen molar-refractivity contribution in [2.45, 2.75) is 12.6 Å². The predicted molar refractivity (Wildman–Crippen MR) is 107 cm³/mol. The first-order valence-electron chi connectivity index (χ1n) is 9.08. The number of nitrogens with one attached hydrogen (secondary N) is 1. The van der Waals surface area contributed by atoms with E-state index in [-0.39, 0.29) is 11.6 Å². The summed E-state index contributed by atoms with van der Waals surface area (Å²) < 4.78 is 0. The highest BCUT2D eigenvalue weighted by atomic mass is 16.6. The number of nitro groups is 1. The maximum absolute atomic E-state index is 13.2. The number of hydrogen-bond donors (Lipinski definition) is 1.